The van der Waals surface area contributed by atoms with Crippen molar-refractivity contribution in [1.29, 1.82) is 0 Å². The molecular formula is C29H34O2. The molecule has 0 saturated heterocycles. The Balaban J connectivity index is 1.66. The number of hydrogen-bond donors (Lipinski definition) is 0. The Morgan fingerprint density at radius 3 is 2.71 bits per heavy atom. The van der Waals surface area contributed by atoms with Crippen LogP contribution in [0.2, 0.25) is 0 Å². The highest BCUT2D eigenvalue weighted by Crippen LogP contribution is 2.52. The van der Waals surface area contributed by atoms with E-state index in [0.29, 0.717) is 11.8 Å². The Morgan fingerprint density at radius 1 is 1.06 bits per heavy atom. The third-order valence-corrected chi connectivity index (χ3v) is 7.35. The zero-order valence-electron chi connectivity index (χ0n) is 19.3. The molecule has 2 heterocycles. The summed E-state index contributed by atoms with van der Waals surface area (Å²) in [5.74, 6) is 2.98. The second kappa shape index (κ2) is 7.89. The molecule has 0 amide bonds. The fraction of sp³-hybridized carbons (Fsp3) is 0.448. The summed E-state index contributed by atoms with van der Waals surface area (Å²) in [5.41, 5.74) is 6.23. The van der Waals surface area contributed by atoms with Crippen LogP contribution in [0.1, 0.15) is 76.8 Å². The van der Waals surface area contributed by atoms with Gasteiger partial charge in [0, 0.05) is 28.3 Å². The maximum Gasteiger partial charge on any atom is 0.135 e. The summed E-state index contributed by atoms with van der Waals surface area (Å²) in [4.78, 5) is 0. The number of rotatable bonds is 5. The van der Waals surface area contributed by atoms with Gasteiger partial charge in [-0.1, -0.05) is 49.6 Å². The lowest BCUT2D eigenvalue weighted by atomic mass is 9.68. The minimum absolute atomic E-state index is 0.142. The molecule has 0 spiro atoms. The van der Waals surface area contributed by atoms with E-state index in [4.69, 9.17) is 9.15 Å². The number of unbranched alkanes of at least 4 members (excludes halogenated alkanes) is 2. The van der Waals surface area contributed by atoms with Gasteiger partial charge in [-0.3, -0.25) is 0 Å². The molecule has 0 bridgehead atoms. The third-order valence-electron chi connectivity index (χ3n) is 7.35. The van der Waals surface area contributed by atoms with Gasteiger partial charge in [-0.15, -0.1) is 0 Å². The van der Waals surface area contributed by atoms with Gasteiger partial charge in [-0.2, -0.15) is 0 Å². The Labute approximate surface area is 186 Å². The molecule has 1 aliphatic carbocycles. The molecule has 3 aromatic rings. The molecule has 1 aromatic heterocycles. The second-order valence-electron chi connectivity index (χ2n) is 10.0. The Kier molecular flexibility index (Phi) is 5.20. The van der Waals surface area contributed by atoms with E-state index >= 15 is 0 Å². The zero-order chi connectivity index (χ0) is 21.6. The van der Waals surface area contributed by atoms with Crippen molar-refractivity contribution >= 4 is 11.0 Å². The van der Waals surface area contributed by atoms with Gasteiger partial charge < -0.3 is 9.15 Å². The minimum Gasteiger partial charge on any atom is -0.487 e. The molecule has 31 heavy (non-hydrogen) atoms. The normalized spacial score (nSPS) is 21.9. The Morgan fingerprint density at radius 2 is 1.90 bits per heavy atom. The molecule has 0 N–H and O–H groups in total. The maximum absolute atomic E-state index is 6.66. The van der Waals surface area contributed by atoms with Gasteiger partial charge >= 0.3 is 0 Å². The summed E-state index contributed by atoms with van der Waals surface area (Å²) >= 11 is 0. The van der Waals surface area contributed by atoms with Crippen LogP contribution in [0.25, 0.3) is 22.3 Å². The highest BCUT2D eigenvalue weighted by molar-refractivity contribution is 5.83. The molecule has 2 unspecified atom stereocenters. The molecular weight excluding hydrogens is 380 g/mol. The minimum atomic E-state index is -0.142. The van der Waals surface area contributed by atoms with E-state index in [0.717, 1.165) is 23.5 Å². The second-order valence-corrected chi connectivity index (χ2v) is 10.0. The average Bonchev–Trinajstić information content (AvgIpc) is 3.17. The van der Waals surface area contributed by atoms with Gasteiger partial charge in [0.2, 0.25) is 0 Å². The van der Waals surface area contributed by atoms with Crippen molar-refractivity contribution < 1.29 is 9.15 Å². The van der Waals surface area contributed by atoms with E-state index < -0.39 is 0 Å². The van der Waals surface area contributed by atoms with Crippen LogP contribution in [0.5, 0.6) is 5.75 Å². The molecule has 0 radical (unpaired) electrons. The average molecular weight is 415 g/mol. The van der Waals surface area contributed by atoms with Crippen molar-refractivity contribution in [2.45, 2.75) is 77.7 Å². The number of para-hydroxylation sites is 1. The van der Waals surface area contributed by atoms with E-state index in [-0.39, 0.29) is 5.60 Å². The van der Waals surface area contributed by atoms with Gasteiger partial charge in [-0.05, 0) is 76.3 Å². The van der Waals surface area contributed by atoms with Gasteiger partial charge in [0.15, 0.2) is 0 Å². The quantitative estimate of drug-likeness (QED) is 0.309. The standard InChI is InChI=1S/C29H34O2/c1-5-6-7-10-20-16-28-24(23-15-19(2)13-14-25(23)29(3,4)31-28)18-22(20)27-17-21-11-8-9-12-26(21)30-27/h8-9,11-12,15-18,23,25H,5-7,10,13-14H2,1-4H3. The smallest absolute Gasteiger partial charge is 0.135 e. The summed E-state index contributed by atoms with van der Waals surface area (Å²) in [5, 5.41) is 1.17. The van der Waals surface area contributed by atoms with Crippen LogP contribution in [-0.4, -0.2) is 5.60 Å². The SMILES string of the molecule is CCCCCc1cc2c(cc1-c1cc3ccccc3o1)C1C=C(C)CCC1C(C)(C)O2. The van der Waals surface area contributed by atoms with Crippen LogP contribution in [0, 0.1) is 5.92 Å². The van der Waals surface area contributed by atoms with E-state index in [1.54, 1.807) is 0 Å². The number of hydrogen-bond acceptors (Lipinski definition) is 2. The van der Waals surface area contributed by atoms with E-state index in [2.05, 4.69) is 70.2 Å². The first-order valence-electron chi connectivity index (χ1n) is 12.0. The molecule has 2 atom stereocenters. The van der Waals surface area contributed by atoms with Crippen molar-refractivity contribution in [2.75, 3.05) is 0 Å². The van der Waals surface area contributed by atoms with Crippen LogP contribution < -0.4 is 4.74 Å². The highest BCUT2D eigenvalue weighted by Gasteiger charge is 2.44. The van der Waals surface area contributed by atoms with Crippen LogP contribution in [-0.2, 0) is 6.42 Å². The lowest BCUT2D eigenvalue weighted by molar-refractivity contribution is 0.0116. The number of furan rings is 1. The Bertz CT molecular complexity index is 1100. The van der Waals surface area contributed by atoms with Gasteiger partial charge in [0.05, 0.1) is 0 Å². The summed E-state index contributed by atoms with van der Waals surface area (Å²) in [6.07, 6.45) is 9.58. The summed E-state index contributed by atoms with van der Waals surface area (Å²) in [7, 11) is 0. The largest absolute Gasteiger partial charge is 0.487 e. The van der Waals surface area contributed by atoms with Crippen LogP contribution in [0.4, 0.5) is 0 Å². The molecule has 2 nitrogen and oxygen atoms in total. The number of aryl methyl sites for hydroxylation is 1. The topological polar surface area (TPSA) is 22.4 Å². The fourth-order valence-corrected chi connectivity index (χ4v) is 5.62. The maximum atomic E-state index is 6.66. The molecule has 2 aliphatic rings. The summed E-state index contributed by atoms with van der Waals surface area (Å²) < 4.78 is 13.0. The van der Waals surface area contributed by atoms with E-state index in [9.17, 15) is 0 Å². The zero-order valence-corrected chi connectivity index (χ0v) is 19.3. The van der Waals surface area contributed by atoms with Crippen molar-refractivity contribution in [2.24, 2.45) is 5.92 Å². The molecule has 2 heteroatoms. The first-order chi connectivity index (χ1) is 15.0. The number of allylic oxidation sites excluding steroid dienone is 2. The Hall–Kier alpha value is -2.48. The number of benzene rings is 2. The lowest BCUT2D eigenvalue weighted by Gasteiger charge is -2.46. The third kappa shape index (κ3) is 3.71. The van der Waals surface area contributed by atoms with E-state index in [1.807, 2.05) is 6.07 Å². The fourth-order valence-electron chi connectivity index (χ4n) is 5.62. The van der Waals surface area contributed by atoms with E-state index in [1.165, 1.54) is 59.8 Å². The highest BCUT2D eigenvalue weighted by atomic mass is 16.5. The molecule has 0 fully saturated rings. The molecule has 0 saturated carbocycles. The molecule has 1 aliphatic heterocycles. The van der Waals surface area contributed by atoms with Crippen LogP contribution in [0.3, 0.4) is 0 Å². The first-order valence-corrected chi connectivity index (χ1v) is 12.0. The number of fused-ring (bicyclic) bond motifs is 4. The van der Waals surface area contributed by atoms with Crippen molar-refractivity contribution in [3.8, 4) is 17.1 Å². The number of ether oxygens (including phenoxy) is 1. The van der Waals surface area contributed by atoms with Gasteiger partial charge in [0.1, 0.15) is 22.7 Å². The lowest BCUT2D eigenvalue weighted by Crippen LogP contribution is -2.45. The first kappa shape index (κ1) is 20.4. The van der Waals surface area contributed by atoms with Gasteiger partial charge in [-0.25, -0.2) is 0 Å². The predicted molar refractivity (Wildman–Crippen MR) is 129 cm³/mol. The van der Waals surface area contributed by atoms with Crippen molar-refractivity contribution in [3.05, 3.63) is 65.2 Å². The molecule has 162 valence electrons. The summed E-state index contributed by atoms with van der Waals surface area (Å²) in [6, 6.07) is 15.2. The van der Waals surface area contributed by atoms with Crippen molar-refractivity contribution in [1.82, 2.24) is 0 Å². The predicted octanol–water partition coefficient (Wildman–Crippen LogP) is 8.44. The van der Waals surface area contributed by atoms with Crippen molar-refractivity contribution in [3.63, 3.8) is 0 Å². The van der Waals surface area contributed by atoms with Crippen LogP contribution >= 0.6 is 0 Å². The molecule has 5 rings (SSSR count). The molecule has 2 aromatic carbocycles. The monoisotopic (exact) mass is 414 g/mol. The van der Waals surface area contributed by atoms with Gasteiger partial charge in [0.25, 0.3) is 0 Å². The summed E-state index contributed by atoms with van der Waals surface area (Å²) in [6.45, 7) is 9.08. The van der Waals surface area contributed by atoms with Crippen LogP contribution in [0.15, 0.2) is 58.5 Å².